The highest BCUT2D eigenvalue weighted by Gasteiger charge is 2.34. The van der Waals surface area contributed by atoms with Gasteiger partial charge in [0.05, 0.1) is 6.10 Å². The summed E-state index contributed by atoms with van der Waals surface area (Å²) in [6, 6.07) is 0. The van der Waals surface area contributed by atoms with Crippen molar-refractivity contribution in [1.29, 1.82) is 0 Å². The Labute approximate surface area is 102 Å². The number of hydrogen-bond acceptors (Lipinski definition) is 1. The van der Waals surface area contributed by atoms with Crippen LogP contribution in [0.3, 0.4) is 0 Å². The molecular weight excluding hydrogens is 196 g/mol. The Hall–Kier alpha value is -0.0400. The third-order valence-electron chi connectivity index (χ3n) is 4.94. The van der Waals surface area contributed by atoms with Gasteiger partial charge in [-0.15, -0.1) is 0 Å². The minimum absolute atomic E-state index is 0.0500. The lowest BCUT2D eigenvalue weighted by Crippen LogP contribution is -2.32. The van der Waals surface area contributed by atoms with Crippen molar-refractivity contribution in [2.75, 3.05) is 0 Å². The van der Waals surface area contributed by atoms with Gasteiger partial charge in [-0.2, -0.15) is 0 Å². The van der Waals surface area contributed by atoms with Crippen LogP contribution in [0.2, 0.25) is 0 Å². The normalized spacial score (nSPS) is 30.6. The Morgan fingerprint density at radius 1 is 1.12 bits per heavy atom. The van der Waals surface area contributed by atoms with Crippen molar-refractivity contribution in [2.24, 2.45) is 23.7 Å². The fraction of sp³-hybridized carbons (Fsp3) is 1.00. The van der Waals surface area contributed by atoms with Crippen molar-refractivity contribution in [3.8, 4) is 0 Å². The molecule has 0 aliphatic heterocycles. The second-order valence-electron chi connectivity index (χ2n) is 5.98. The molecule has 96 valence electrons. The molecule has 0 spiro atoms. The zero-order chi connectivity index (χ0) is 12.1. The van der Waals surface area contributed by atoms with Crippen LogP contribution >= 0.6 is 0 Å². The standard InChI is InChI=1S/C15H30O/c1-5-11(3)12(4)14-9-13(10-14)7-8-15(16)6-2/h11-16H,5-10H2,1-4H3/t11?,12-,13?,14?,15?/m1/s1. The lowest BCUT2D eigenvalue weighted by Gasteiger charge is -2.41. The summed E-state index contributed by atoms with van der Waals surface area (Å²) in [5, 5.41) is 9.53. The molecule has 1 saturated carbocycles. The van der Waals surface area contributed by atoms with Crippen LogP contribution in [0, 0.1) is 23.7 Å². The maximum Gasteiger partial charge on any atom is 0.0537 e. The van der Waals surface area contributed by atoms with Crippen LogP contribution in [0.25, 0.3) is 0 Å². The van der Waals surface area contributed by atoms with E-state index >= 15 is 0 Å². The molecule has 1 nitrogen and oxygen atoms in total. The fourth-order valence-electron chi connectivity index (χ4n) is 2.92. The number of rotatable bonds is 7. The molecule has 0 heterocycles. The molecule has 0 aromatic rings. The monoisotopic (exact) mass is 226 g/mol. The second kappa shape index (κ2) is 6.64. The summed E-state index contributed by atoms with van der Waals surface area (Å²) in [4.78, 5) is 0. The number of aliphatic hydroxyl groups excluding tert-OH is 1. The van der Waals surface area contributed by atoms with E-state index in [1.165, 1.54) is 25.7 Å². The molecule has 0 radical (unpaired) electrons. The van der Waals surface area contributed by atoms with E-state index in [0.717, 1.165) is 36.5 Å². The highest BCUT2D eigenvalue weighted by Crippen LogP contribution is 2.44. The highest BCUT2D eigenvalue weighted by atomic mass is 16.3. The van der Waals surface area contributed by atoms with Crippen molar-refractivity contribution >= 4 is 0 Å². The molecule has 1 aliphatic carbocycles. The molecule has 1 rings (SSSR count). The van der Waals surface area contributed by atoms with Gasteiger partial charge in [0.2, 0.25) is 0 Å². The van der Waals surface area contributed by atoms with Crippen molar-refractivity contribution in [3.05, 3.63) is 0 Å². The smallest absolute Gasteiger partial charge is 0.0537 e. The molecule has 1 aliphatic rings. The molecule has 0 saturated heterocycles. The minimum atomic E-state index is -0.0500. The van der Waals surface area contributed by atoms with E-state index < -0.39 is 0 Å². The third-order valence-corrected chi connectivity index (χ3v) is 4.94. The quantitative estimate of drug-likeness (QED) is 0.688. The summed E-state index contributed by atoms with van der Waals surface area (Å²) in [5.74, 6) is 3.67. The second-order valence-corrected chi connectivity index (χ2v) is 5.98. The Morgan fingerprint density at radius 2 is 1.75 bits per heavy atom. The van der Waals surface area contributed by atoms with Gasteiger partial charge in [0, 0.05) is 0 Å². The third kappa shape index (κ3) is 3.76. The molecule has 0 amide bonds. The fourth-order valence-corrected chi connectivity index (χ4v) is 2.92. The van der Waals surface area contributed by atoms with E-state index in [1.807, 2.05) is 0 Å². The summed E-state index contributed by atoms with van der Waals surface area (Å²) in [6.07, 6.45) is 7.29. The van der Waals surface area contributed by atoms with Gasteiger partial charge < -0.3 is 5.11 Å². The summed E-state index contributed by atoms with van der Waals surface area (Å²) in [6.45, 7) is 9.18. The average molecular weight is 226 g/mol. The first-order chi connectivity index (χ1) is 7.58. The lowest BCUT2D eigenvalue weighted by molar-refractivity contribution is 0.0752. The van der Waals surface area contributed by atoms with Crippen LogP contribution in [0.5, 0.6) is 0 Å². The van der Waals surface area contributed by atoms with Crippen molar-refractivity contribution in [3.63, 3.8) is 0 Å². The van der Waals surface area contributed by atoms with E-state index in [2.05, 4.69) is 27.7 Å². The number of hydrogen-bond donors (Lipinski definition) is 1. The first-order valence-corrected chi connectivity index (χ1v) is 7.26. The molecule has 2 unspecified atom stereocenters. The largest absolute Gasteiger partial charge is 0.393 e. The van der Waals surface area contributed by atoms with Gasteiger partial charge in [-0.1, -0.05) is 34.1 Å². The lowest BCUT2D eigenvalue weighted by atomic mass is 9.64. The topological polar surface area (TPSA) is 20.2 Å². The van der Waals surface area contributed by atoms with Gasteiger partial charge in [-0.25, -0.2) is 0 Å². The summed E-state index contributed by atoms with van der Waals surface area (Å²) < 4.78 is 0. The van der Waals surface area contributed by atoms with Gasteiger partial charge in [0.25, 0.3) is 0 Å². The molecular formula is C15H30O. The Balaban J connectivity index is 2.13. The Bertz CT molecular complexity index is 184. The van der Waals surface area contributed by atoms with Crippen LogP contribution in [-0.2, 0) is 0 Å². The van der Waals surface area contributed by atoms with Crippen LogP contribution < -0.4 is 0 Å². The Kier molecular flexibility index (Phi) is 5.82. The van der Waals surface area contributed by atoms with Crippen molar-refractivity contribution in [2.45, 2.75) is 72.3 Å². The predicted molar refractivity (Wildman–Crippen MR) is 70.4 cm³/mol. The molecule has 1 heteroatoms. The van der Waals surface area contributed by atoms with Gasteiger partial charge in [-0.3, -0.25) is 0 Å². The highest BCUT2D eigenvalue weighted by molar-refractivity contribution is 4.84. The molecule has 1 N–H and O–H groups in total. The summed E-state index contributed by atoms with van der Waals surface area (Å²) in [5.41, 5.74) is 0. The zero-order valence-corrected chi connectivity index (χ0v) is 11.6. The van der Waals surface area contributed by atoms with E-state index in [-0.39, 0.29) is 6.10 Å². The van der Waals surface area contributed by atoms with Crippen LogP contribution in [-0.4, -0.2) is 11.2 Å². The minimum Gasteiger partial charge on any atom is -0.393 e. The van der Waals surface area contributed by atoms with Crippen molar-refractivity contribution < 1.29 is 5.11 Å². The van der Waals surface area contributed by atoms with E-state index in [1.54, 1.807) is 0 Å². The van der Waals surface area contributed by atoms with E-state index in [4.69, 9.17) is 0 Å². The van der Waals surface area contributed by atoms with Crippen LogP contribution in [0.15, 0.2) is 0 Å². The zero-order valence-electron chi connectivity index (χ0n) is 11.6. The summed E-state index contributed by atoms with van der Waals surface area (Å²) in [7, 11) is 0. The molecule has 1 fully saturated rings. The Morgan fingerprint density at radius 3 is 2.25 bits per heavy atom. The van der Waals surface area contributed by atoms with E-state index in [9.17, 15) is 5.11 Å². The first-order valence-electron chi connectivity index (χ1n) is 7.26. The first kappa shape index (κ1) is 14.0. The van der Waals surface area contributed by atoms with Crippen LogP contribution in [0.4, 0.5) is 0 Å². The number of aliphatic hydroxyl groups is 1. The molecule has 16 heavy (non-hydrogen) atoms. The van der Waals surface area contributed by atoms with Gasteiger partial charge >= 0.3 is 0 Å². The maximum absolute atomic E-state index is 9.53. The average Bonchev–Trinajstić information content (AvgIpc) is 2.24. The SMILES string of the molecule is CCC(O)CCC1CC([C@H](C)C(C)CC)C1. The summed E-state index contributed by atoms with van der Waals surface area (Å²) >= 11 is 0. The van der Waals surface area contributed by atoms with Gasteiger partial charge in [0.1, 0.15) is 0 Å². The van der Waals surface area contributed by atoms with Gasteiger partial charge in [-0.05, 0) is 55.8 Å². The maximum atomic E-state index is 9.53. The van der Waals surface area contributed by atoms with Crippen molar-refractivity contribution in [1.82, 2.24) is 0 Å². The molecule has 3 atom stereocenters. The molecule has 0 aromatic carbocycles. The van der Waals surface area contributed by atoms with Crippen LogP contribution in [0.1, 0.15) is 66.2 Å². The van der Waals surface area contributed by atoms with Gasteiger partial charge in [0.15, 0.2) is 0 Å². The molecule has 0 bridgehead atoms. The predicted octanol–water partition coefficient (Wildman–Crippen LogP) is 4.25. The van der Waals surface area contributed by atoms with E-state index in [0.29, 0.717) is 0 Å². The molecule has 0 aromatic heterocycles.